The fourth-order valence-corrected chi connectivity index (χ4v) is 3.39. The quantitative estimate of drug-likeness (QED) is 0.722. The lowest BCUT2D eigenvalue weighted by atomic mass is 10.1. The van der Waals surface area contributed by atoms with Crippen LogP contribution in [0.25, 0.3) is 11.3 Å². The minimum Gasteiger partial charge on any atom is -0.308 e. The lowest BCUT2D eigenvalue weighted by Crippen LogP contribution is -2.12. The molecule has 0 atom stereocenters. The SMILES string of the molecule is CCc1ccsc1CNCc1cn[nH]c1-c1ccccc1. The summed E-state index contributed by atoms with van der Waals surface area (Å²) in [6, 6.07) is 12.5. The van der Waals surface area contributed by atoms with Gasteiger partial charge in [-0.3, -0.25) is 5.10 Å². The minimum absolute atomic E-state index is 0.821. The molecule has 0 saturated carbocycles. The Bertz CT molecular complexity index is 685. The molecule has 0 saturated heterocycles. The molecule has 0 radical (unpaired) electrons. The fourth-order valence-electron chi connectivity index (χ4n) is 2.45. The zero-order valence-electron chi connectivity index (χ0n) is 12.1. The molecular weight excluding hydrogens is 278 g/mol. The van der Waals surface area contributed by atoms with Crippen LogP contribution < -0.4 is 5.32 Å². The summed E-state index contributed by atoms with van der Waals surface area (Å²) < 4.78 is 0. The first-order valence-corrected chi connectivity index (χ1v) is 8.10. The Morgan fingerprint density at radius 2 is 1.95 bits per heavy atom. The number of H-pyrrole nitrogens is 1. The van der Waals surface area contributed by atoms with Gasteiger partial charge in [0.15, 0.2) is 0 Å². The van der Waals surface area contributed by atoms with Crippen molar-refractivity contribution in [3.63, 3.8) is 0 Å². The molecule has 0 aliphatic carbocycles. The molecule has 0 aliphatic rings. The first-order valence-electron chi connectivity index (χ1n) is 7.22. The molecule has 2 N–H and O–H groups in total. The van der Waals surface area contributed by atoms with Crippen molar-refractivity contribution in [1.82, 2.24) is 15.5 Å². The fraction of sp³-hybridized carbons (Fsp3) is 0.235. The summed E-state index contributed by atoms with van der Waals surface area (Å²) in [7, 11) is 0. The molecule has 0 aliphatic heterocycles. The predicted octanol–water partition coefficient (Wildman–Crippen LogP) is 3.99. The maximum Gasteiger partial charge on any atom is 0.0695 e. The summed E-state index contributed by atoms with van der Waals surface area (Å²) in [5.74, 6) is 0. The number of rotatable bonds is 6. The van der Waals surface area contributed by atoms with E-state index in [1.807, 2.05) is 35.7 Å². The molecular formula is C17H19N3S. The minimum atomic E-state index is 0.821. The Morgan fingerprint density at radius 1 is 1.10 bits per heavy atom. The number of nitrogens with zero attached hydrogens (tertiary/aromatic N) is 1. The lowest BCUT2D eigenvalue weighted by Gasteiger charge is -2.06. The van der Waals surface area contributed by atoms with Crippen LogP contribution in [-0.4, -0.2) is 10.2 Å². The largest absolute Gasteiger partial charge is 0.308 e. The van der Waals surface area contributed by atoms with Crippen molar-refractivity contribution in [2.45, 2.75) is 26.4 Å². The van der Waals surface area contributed by atoms with E-state index in [1.165, 1.54) is 21.6 Å². The van der Waals surface area contributed by atoms with Crippen LogP contribution in [0.3, 0.4) is 0 Å². The summed E-state index contributed by atoms with van der Waals surface area (Å²) in [6.07, 6.45) is 3.01. The average Bonchev–Trinajstić information content (AvgIpc) is 3.17. The van der Waals surface area contributed by atoms with Gasteiger partial charge in [-0.1, -0.05) is 37.3 Å². The smallest absolute Gasteiger partial charge is 0.0695 e. The number of nitrogens with one attached hydrogen (secondary N) is 2. The third-order valence-corrected chi connectivity index (χ3v) is 4.56. The number of hydrogen-bond acceptors (Lipinski definition) is 3. The second-order valence-electron chi connectivity index (χ2n) is 4.96. The Kier molecular flexibility index (Phi) is 4.48. The van der Waals surface area contributed by atoms with Crippen LogP contribution in [0.2, 0.25) is 0 Å². The van der Waals surface area contributed by atoms with Crippen molar-refractivity contribution >= 4 is 11.3 Å². The van der Waals surface area contributed by atoms with Gasteiger partial charge in [-0.25, -0.2) is 0 Å². The zero-order chi connectivity index (χ0) is 14.5. The van der Waals surface area contributed by atoms with Crippen molar-refractivity contribution in [2.75, 3.05) is 0 Å². The molecule has 3 nitrogen and oxygen atoms in total. The molecule has 108 valence electrons. The van der Waals surface area contributed by atoms with E-state index in [0.29, 0.717) is 0 Å². The zero-order valence-corrected chi connectivity index (χ0v) is 12.9. The van der Waals surface area contributed by atoms with Crippen LogP contribution in [0, 0.1) is 0 Å². The van der Waals surface area contributed by atoms with Crippen molar-refractivity contribution in [3.8, 4) is 11.3 Å². The molecule has 2 heterocycles. The second-order valence-corrected chi connectivity index (χ2v) is 5.96. The third kappa shape index (κ3) is 3.23. The van der Waals surface area contributed by atoms with Gasteiger partial charge in [-0.15, -0.1) is 11.3 Å². The van der Waals surface area contributed by atoms with Crippen molar-refractivity contribution in [2.24, 2.45) is 0 Å². The van der Waals surface area contributed by atoms with E-state index in [4.69, 9.17) is 0 Å². The number of hydrogen-bond donors (Lipinski definition) is 2. The van der Waals surface area contributed by atoms with Crippen LogP contribution in [-0.2, 0) is 19.5 Å². The van der Waals surface area contributed by atoms with Gasteiger partial charge in [0.2, 0.25) is 0 Å². The monoisotopic (exact) mass is 297 g/mol. The van der Waals surface area contributed by atoms with Crippen molar-refractivity contribution in [3.05, 3.63) is 64.0 Å². The first kappa shape index (κ1) is 14.0. The van der Waals surface area contributed by atoms with E-state index in [9.17, 15) is 0 Å². The number of aryl methyl sites for hydroxylation is 1. The van der Waals surface area contributed by atoms with Crippen molar-refractivity contribution in [1.29, 1.82) is 0 Å². The van der Waals surface area contributed by atoms with E-state index in [0.717, 1.165) is 25.2 Å². The molecule has 4 heteroatoms. The summed E-state index contributed by atoms with van der Waals surface area (Å²) in [6.45, 7) is 3.94. The summed E-state index contributed by atoms with van der Waals surface area (Å²) in [5.41, 5.74) is 4.93. The molecule has 3 aromatic rings. The highest BCUT2D eigenvalue weighted by molar-refractivity contribution is 7.10. The summed E-state index contributed by atoms with van der Waals surface area (Å²) in [4.78, 5) is 1.43. The van der Waals surface area contributed by atoms with Crippen LogP contribution in [0.1, 0.15) is 22.9 Å². The highest BCUT2D eigenvalue weighted by Gasteiger charge is 2.07. The lowest BCUT2D eigenvalue weighted by molar-refractivity contribution is 0.698. The Morgan fingerprint density at radius 3 is 2.76 bits per heavy atom. The van der Waals surface area contributed by atoms with Crippen LogP contribution in [0.5, 0.6) is 0 Å². The predicted molar refractivity (Wildman–Crippen MR) is 88.3 cm³/mol. The highest BCUT2D eigenvalue weighted by Crippen LogP contribution is 2.21. The molecule has 0 bridgehead atoms. The summed E-state index contributed by atoms with van der Waals surface area (Å²) in [5, 5.41) is 13.0. The van der Waals surface area contributed by atoms with Crippen LogP contribution >= 0.6 is 11.3 Å². The third-order valence-electron chi connectivity index (χ3n) is 3.60. The second kappa shape index (κ2) is 6.70. The Balaban J connectivity index is 1.66. The Labute approximate surface area is 129 Å². The molecule has 0 amide bonds. The van der Waals surface area contributed by atoms with Crippen molar-refractivity contribution < 1.29 is 0 Å². The van der Waals surface area contributed by atoms with Gasteiger partial charge in [0.25, 0.3) is 0 Å². The molecule has 3 rings (SSSR count). The highest BCUT2D eigenvalue weighted by atomic mass is 32.1. The number of aromatic amines is 1. The van der Waals surface area contributed by atoms with Gasteiger partial charge in [0.05, 0.1) is 11.9 Å². The van der Waals surface area contributed by atoms with Crippen LogP contribution in [0.4, 0.5) is 0 Å². The van der Waals surface area contributed by atoms with E-state index >= 15 is 0 Å². The number of thiophene rings is 1. The average molecular weight is 297 g/mol. The first-order chi connectivity index (χ1) is 10.4. The number of benzene rings is 1. The Hall–Kier alpha value is -1.91. The van der Waals surface area contributed by atoms with Gasteiger partial charge < -0.3 is 5.32 Å². The molecule has 1 aromatic carbocycles. The van der Waals surface area contributed by atoms with Crippen LogP contribution in [0.15, 0.2) is 48.0 Å². The standard InChI is InChI=1S/C17H19N3S/c1-2-13-8-9-21-16(13)12-18-10-15-11-19-20-17(15)14-6-4-3-5-7-14/h3-9,11,18H,2,10,12H2,1H3,(H,19,20). The summed E-state index contributed by atoms with van der Waals surface area (Å²) >= 11 is 1.83. The molecule has 21 heavy (non-hydrogen) atoms. The molecule has 0 spiro atoms. The van der Waals surface area contributed by atoms with E-state index in [1.54, 1.807) is 0 Å². The molecule has 0 fully saturated rings. The maximum atomic E-state index is 4.19. The van der Waals surface area contributed by atoms with Gasteiger partial charge >= 0.3 is 0 Å². The van der Waals surface area contributed by atoms with Gasteiger partial charge in [-0.2, -0.15) is 5.10 Å². The normalized spacial score (nSPS) is 10.9. The van der Waals surface area contributed by atoms with E-state index in [-0.39, 0.29) is 0 Å². The van der Waals surface area contributed by atoms with Gasteiger partial charge in [0, 0.05) is 23.5 Å². The van der Waals surface area contributed by atoms with Gasteiger partial charge in [0.1, 0.15) is 0 Å². The van der Waals surface area contributed by atoms with Gasteiger partial charge in [-0.05, 0) is 29.0 Å². The number of aromatic nitrogens is 2. The molecule has 0 unspecified atom stereocenters. The maximum absolute atomic E-state index is 4.19. The topological polar surface area (TPSA) is 40.7 Å². The van der Waals surface area contributed by atoms with E-state index < -0.39 is 0 Å². The molecule has 2 aromatic heterocycles. The van der Waals surface area contributed by atoms with E-state index in [2.05, 4.69) is 46.0 Å².